The quantitative estimate of drug-likeness (QED) is 0.187. The van der Waals surface area contributed by atoms with Crippen molar-refractivity contribution in [2.45, 2.75) is 6.17 Å². The zero-order valence-electron chi connectivity index (χ0n) is 36.3. The Morgan fingerprint density at radius 2 is 1.12 bits per heavy atom. The highest BCUT2D eigenvalue weighted by atomic mass is 32.1. The van der Waals surface area contributed by atoms with Crippen LogP contribution in [0, 0.1) is 0 Å². The fourth-order valence-electron chi connectivity index (χ4n) is 10.9. The van der Waals surface area contributed by atoms with Crippen LogP contribution < -0.4 is 5.32 Å². The van der Waals surface area contributed by atoms with E-state index in [1.54, 1.807) is 0 Å². The van der Waals surface area contributed by atoms with Crippen molar-refractivity contribution in [3.05, 3.63) is 223 Å². The SMILES string of the molecule is c1ccc2cc3c(cc2c1)c1ccccc1n3-c1ccc(C2=NC(c3cccc4sc5ccccc5c34)NC(c3cccc4c3sc3ccccc34)=N2)c(-c2cccc3oc4ccccc4c23)c1. The van der Waals surface area contributed by atoms with Gasteiger partial charge in [0.05, 0.1) is 11.0 Å². The number of nitrogens with one attached hydrogen (secondary N) is 1. The number of aromatic nitrogens is 1. The highest BCUT2D eigenvalue weighted by Crippen LogP contribution is 2.44. The summed E-state index contributed by atoms with van der Waals surface area (Å²) < 4.78 is 13.9. The van der Waals surface area contributed by atoms with E-state index in [0.717, 1.165) is 72.3 Å². The number of amidine groups is 2. The third-order valence-electron chi connectivity index (χ3n) is 13.9. The van der Waals surface area contributed by atoms with Crippen molar-refractivity contribution >= 4 is 129 Å². The smallest absolute Gasteiger partial charge is 0.160 e. The van der Waals surface area contributed by atoms with Gasteiger partial charge >= 0.3 is 0 Å². The maximum absolute atomic E-state index is 6.57. The molecule has 5 heterocycles. The van der Waals surface area contributed by atoms with Gasteiger partial charge in [-0.3, -0.25) is 0 Å². The van der Waals surface area contributed by atoms with Crippen molar-refractivity contribution in [1.82, 2.24) is 9.88 Å². The van der Waals surface area contributed by atoms with E-state index in [0.29, 0.717) is 5.84 Å². The molecule has 14 aromatic rings. The monoisotopic (exact) mass is 904 g/mol. The van der Waals surface area contributed by atoms with Crippen molar-refractivity contribution in [3.8, 4) is 16.8 Å². The highest BCUT2D eigenvalue weighted by Gasteiger charge is 2.28. The maximum atomic E-state index is 6.57. The maximum Gasteiger partial charge on any atom is 0.160 e. The van der Waals surface area contributed by atoms with Gasteiger partial charge in [0.1, 0.15) is 23.2 Å². The third kappa shape index (κ3) is 5.60. The van der Waals surface area contributed by atoms with Gasteiger partial charge in [-0.1, -0.05) is 133 Å². The predicted octanol–water partition coefficient (Wildman–Crippen LogP) is 16.7. The first-order valence-corrected chi connectivity index (χ1v) is 24.5. The van der Waals surface area contributed by atoms with Gasteiger partial charge in [-0.2, -0.15) is 0 Å². The lowest BCUT2D eigenvalue weighted by atomic mass is 9.93. The first kappa shape index (κ1) is 37.8. The molecule has 15 rings (SSSR count). The molecule has 0 spiro atoms. The minimum absolute atomic E-state index is 0.437. The van der Waals surface area contributed by atoms with E-state index >= 15 is 0 Å². The fourth-order valence-corrected chi connectivity index (χ4v) is 13.2. The Hall–Kier alpha value is -8.36. The summed E-state index contributed by atoms with van der Waals surface area (Å²) in [6.07, 6.45) is -0.437. The van der Waals surface area contributed by atoms with Crippen molar-refractivity contribution in [1.29, 1.82) is 0 Å². The highest BCUT2D eigenvalue weighted by molar-refractivity contribution is 7.26. The largest absolute Gasteiger partial charge is 0.456 e. The summed E-state index contributed by atoms with van der Waals surface area (Å²) in [6, 6.07) is 74.3. The van der Waals surface area contributed by atoms with Crippen molar-refractivity contribution in [2.75, 3.05) is 0 Å². The zero-order chi connectivity index (χ0) is 44.5. The molecule has 0 fully saturated rings. The Balaban J connectivity index is 1.03. The topological polar surface area (TPSA) is 54.8 Å². The molecule has 0 aliphatic carbocycles. The summed E-state index contributed by atoms with van der Waals surface area (Å²) >= 11 is 3.64. The molecule has 0 bridgehead atoms. The number of thiophene rings is 2. The Kier molecular flexibility index (Phi) is 8.10. The Morgan fingerprint density at radius 3 is 2.01 bits per heavy atom. The lowest BCUT2D eigenvalue weighted by Gasteiger charge is -2.25. The fraction of sp³-hybridized carbons (Fsp3) is 0.0164. The van der Waals surface area contributed by atoms with Crippen LogP contribution in [-0.4, -0.2) is 16.2 Å². The third-order valence-corrected chi connectivity index (χ3v) is 16.2. The van der Waals surface area contributed by atoms with E-state index in [-0.39, 0.29) is 0 Å². The number of furan rings is 1. The van der Waals surface area contributed by atoms with Gasteiger partial charge in [-0.25, -0.2) is 9.98 Å². The van der Waals surface area contributed by atoms with E-state index in [2.05, 4.69) is 210 Å². The molecule has 0 saturated heterocycles. The normalized spacial score (nSPS) is 14.3. The van der Waals surface area contributed by atoms with Gasteiger partial charge in [0.25, 0.3) is 0 Å². The second kappa shape index (κ2) is 14.6. The van der Waals surface area contributed by atoms with Crippen LogP contribution in [0.3, 0.4) is 0 Å². The Morgan fingerprint density at radius 1 is 0.441 bits per heavy atom. The number of fused-ring (bicyclic) bond motifs is 13. The summed E-state index contributed by atoms with van der Waals surface area (Å²) in [5.74, 6) is 1.46. The molecule has 318 valence electrons. The minimum Gasteiger partial charge on any atom is -0.456 e. The number of rotatable bonds is 5. The van der Waals surface area contributed by atoms with Crippen molar-refractivity contribution in [3.63, 3.8) is 0 Å². The Bertz CT molecular complexity index is 4510. The van der Waals surface area contributed by atoms with Crippen LogP contribution in [0.2, 0.25) is 0 Å². The molecule has 1 atom stereocenters. The van der Waals surface area contributed by atoms with E-state index < -0.39 is 6.17 Å². The predicted molar refractivity (Wildman–Crippen MR) is 289 cm³/mol. The molecule has 68 heavy (non-hydrogen) atoms. The van der Waals surface area contributed by atoms with Gasteiger partial charge in [0.2, 0.25) is 0 Å². The standard InChI is InChI=1S/C61H36N4OS2/c1-2-15-36-33-50-48(32-35(36)14-1)38-16-3-7-24-49(38)65(50)37-30-31-42(47(34-37)40-20-12-26-52-56(40)43-18-4-8-25-51(43)66-52)59-62-60(45-22-13-29-55-57(45)44-19-6-10-28-54(44)67-55)64-61(63-59)46-23-11-21-41-39-17-5-9-27-53(39)68-58(41)46/h1-34,60H,(H,62,63,64). The summed E-state index contributed by atoms with van der Waals surface area (Å²) in [6.45, 7) is 0. The van der Waals surface area contributed by atoms with Crippen molar-refractivity contribution in [2.24, 2.45) is 9.98 Å². The number of hydrogen-bond donors (Lipinski definition) is 1. The van der Waals surface area contributed by atoms with E-state index in [1.165, 1.54) is 61.9 Å². The lowest BCUT2D eigenvalue weighted by Crippen LogP contribution is -2.33. The average Bonchev–Trinajstić information content (AvgIpc) is 4.16. The molecule has 1 N–H and O–H groups in total. The van der Waals surface area contributed by atoms with Gasteiger partial charge in [-0.15, -0.1) is 22.7 Å². The molecule has 1 unspecified atom stereocenters. The number of aliphatic imine (C=N–C) groups is 2. The average molecular weight is 905 g/mol. The molecule has 0 amide bonds. The van der Waals surface area contributed by atoms with E-state index in [9.17, 15) is 0 Å². The summed E-state index contributed by atoms with van der Waals surface area (Å²) in [5.41, 5.74) is 10.2. The van der Waals surface area contributed by atoms with Crippen LogP contribution in [0.5, 0.6) is 0 Å². The molecule has 0 saturated carbocycles. The number of benzene rings is 10. The van der Waals surface area contributed by atoms with Crippen LogP contribution in [0.1, 0.15) is 22.9 Å². The van der Waals surface area contributed by atoms with E-state index in [4.69, 9.17) is 14.4 Å². The van der Waals surface area contributed by atoms with Crippen LogP contribution in [0.25, 0.3) is 112 Å². The lowest BCUT2D eigenvalue weighted by molar-refractivity contribution is 0.669. The molecule has 7 heteroatoms. The molecule has 4 aromatic heterocycles. The van der Waals surface area contributed by atoms with Crippen LogP contribution in [0.4, 0.5) is 0 Å². The molecule has 1 aliphatic rings. The second-order valence-corrected chi connectivity index (χ2v) is 19.8. The summed E-state index contributed by atoms with van der Waals surface area (Å²) in [4.78, 5) is 11.3. The van der Waals surface area contributed by atoms with Crippen LogP contribution in [0.15, 0.2) is 221 Å². The first-order chi connectivity index (χ1) is 33.7. The molecular formula is C61H36N4OS2. The van der Waals surface area contributed by atoms with Gasteiger partial charge in [0.15, 0.2) is 5.84 Å². The van der Waals surface area contributed by atoms with E-state index in [1.807, 2.05) is 28.7 Å². The Labute approximate surface area is 397 Å². The zero-order valence-corrected chi connectivity index (χ0v) is 37.9. The number of para-hydroxylation sites is 2. The van der Waals surface area contributed by atoms with Crippen LogP contribution in [-0.2, 0) is 0 Å². The molecular weight excluding hydrogens is 869 g/mol. The summed E-state index contributed by atoms with van der Waals surface area (Å²) in [5, 5.41) is 15.9. The van der Waals surface area contributed by atoms with Gasteiger partial charge < -0.3 is 14.3 Å². The molecule has 0 radical (unpaired) electrons. The first-order valence-electron chi connectivity index (χ1n) is 22.9. The van der Waals surface area contributed by atoms with Crippen molar-refractivity contribution < 1.29 is 4.42 Å². The molecule has 10 aromatic carbocycles. The van der Waals surface area contributed by atoms with Gasteiger partial charge in [0, 0.05) is 84.3 Å². The number of hydrogen-bond acceptors (Lipinski definition) is 6. The van der Waals surface area contributed by atoms with Gasteiger partial charge in [-0.05, 0) is 94.7 Å². The molecule has 1 aliphatic heterocycles. The second-order valence-electron chi connectivity index (χ2n) is 17.6. The number of nitrogens with zero attached hydrogens (tertiary/aromatic N) is 3. The summed E-state index contributed by atoms with van der Waals surface area (Å²) in [7, 11) is 0. The minimum atomic E-state index is -0.437. The van der Waals surface area contributed by atoms with Crippen LogP contribution >= 0.6 is 22.7 Å². The molecule has 5 nitrogen and oxygen atoms in total.